The summed E-state index contributed by atoms with van der Waals surface area (Å²) >= 11 is 16.7. The van der Waals surface area contributed by atoms with E-state index in [1.807, 2.05) is 0 Å². The summed E-state index contributed by atoms with van der Waals surface area (Å²) in [7, 11) is -4.19. The molecule has 0 saturated carbocycles. The molecule has 1 fully saturated rings. The summed E-state index contributed by atoms with van der Waals surface area (Å²) in [5.74, 6) is -1.61. The number of halogens is 3. The van der Waals surface area contributed by atoms with Gasteiger partial charge in [-0.2, -0.15) is 0 Å². The molecule has 1 atom stereocenters. The predicted molar refractivity (Wildman–Crippen MR) is 73.6 cm³/mol. The molecule has 1 unspecified atom stereocenters. The van der Waals surface area contributed by atoms with E-state index in [-0.39, 0.29) is 29.5 Å². The van der Waals surface area contributed by atoms with Crippen LogP contribution in [0, 0.1) is 0 Å². The minimum absolute atomic E-state index is 0.0245. The Hall–Kier alpha value is 0.490. The minimum Gasteiger partial charge on any atom is -0.302 e. The van der Waals surface area contributed by atoms with E-state index in [9.17, 15) is 9.36 Å². The van der Waals surface area contributed by atoms with E-state index in [1.165, 1.54) is 0 Å². The molecule has 1 aliphatic heterocycles. The highest BCUT2D eigenvalue weighted by molar-refractivity contribution is 7.54. The van der Waals surface area contributed by atoms with E-state index >= 15 is 0 Å². The first-order valence-electron chi connectivity index (χ1n) is 7.10. The van der Waals surface area contributed by atoms with Crippen molar-refractivity contribution in [1.29, 1.82) is 0 Å². The standard InChI is InChI=1S/C9H16Cl3N2O3P/c10-2-5-13(6-3-11)18(16)14(9(15)8-12)4-1-7-17-18/h1-8H2/i1D2,4D2. The molecule has 1 aliphatic rings. The number of nitrogens with zero attached hydrogens (tertiary/aromatic N) is 2. The Labute approximate surface area is 127 Å². The lowest BCUT2D eigenvalue weighted by atomic mass is 10.4. The molecule has 0 aromatic carbocycles. The van der Waals surface area contributed by atoms with Gasteiger partial charge in [0.2, 0.25) is 5.91 Å². The summed E-state index contributed by atoms with van der Waals surface area (Å²) in [6, 6.07) is 0. The minimum atomic E-state index is -4.19. The van der Waals surface area contributed by atoms with Crippen LogP contribution < -0.4 is 0 Å². The summed E-state index contributed by atoms with van der Waals surface area (Å²) in [5.41, 5.74) is 0. The Balaban J connectivity index is 3.37. The summed E-state index contributed by atoms with van der Waals surface area (Å²) < 4.78 is 50.9. The fourth-order valence-corrected chi connectivity index (χ4v) is 4.24. The van der Waals surface area contributed by atoms with Crippen molar-refractivity contribution in [3.63, 3.8) is 0 Å². The van der Waals surface area contributed by atoms with Gasteiger partial charge in [-0.15, -0.1) is 34.8 Å². The number of alkyl halides is 3. The molecule has 5 nitrogen and oxygen atoms in total. The lowest BCUT2D eigenvalue weighted by Gasteiger charge is -2.40. The topological polar surface area (TPSA) is 49.9 Å². The average Bonchev–Trinajstić information content (AvgIpc) is 2.43. The second-order valence-corrected chi connectivity index (χ2v) is 6.45. The van der Waals surface area contributed by atoms with Crippen LogP contribution in [0.4, 0.5) is 0 Å². The van der Waals surface area contributed by atoms with Crippen LogP contribution >= 0.6 is 42.5 Å². The van der Waals surface area contributed by atoms with Gasteiger partial charge >= 0.3 is 7.67 Å². The summed E-state index contributed by atoms with van der Waals surface area (Å²) in [4.78, 5) is 12.0. The zero-order valence-electron chi connectivity index (χ0n) is 13.4. The van der Waals surface area contributed by atoms with Gasteiger partial charge in [-0.05, 0) is 6.37 Å². The molecule has 106 valence electrons. The van der Waals surface area contributed by atoms with Crippen molar-refractivity contribution in [2.24, 2.45) is 0 Å². The Morgan fingerprint density at radius 2 is 2.00 bits per heavy atom. The first-order valence-corrected chi connectivity index (χ1v) is 8.23. The Morgan fingerprint density at radius 1 is 1.39 bits per heavy atom. The van der Waals surface area contributed by atoms with Crippen molar-refractivity contribution >= 4 is 48.4 Å². The number of hydrogen-bond donors (Lipinski definition) is 0. The molecule has 1 amide bonds. The molecule has 18 heavy (non-hydrogen) atoms. The first kappa shape index (κ1) is 11.2. The molecule has 0 N–H and O–H groups in total. The van der Waals surface area contributed by atoms with Crippen molar-refractivity contribution in [2.45, 2.75) is 6.37 Å². The van der Waals surface area contributed by atoms with Crippen LogP contribution in [0.15, 0.2) is 0 Å². The van der Waals surface area contributed by atoms with Crippen LogP contribution in [0.5, 0.6) is 0 Å². The monoisotopic (exact) mass is 340 g/mol. The fourth-order valence-electron chi connectivity index (χ4n) is 1.37. The SMILES string of the molecule is [2H]C1([2H])COP(=O)(N(CCCl)CCCl)N(C(=O)CCl)C1([2H])[2H]. The van der Waals surface area contributed by atoms with E-state index in [1.54, 1.807) is 0 Å². The van der Waals surface area contributed by atoms with E-state index < -0.39 is 38.9 Å². The normalized spacial score (nSPS) is 33.4. The molecule has 0 spiro atoms. The van der Waals surface area contributed by atoms with Crippen LogP contribution in [0.2, 0.25) is 0 Å². The second-order valence-electron chi connectivity index (χ2n) is 3.22. The van der Waals surface area contributed by atoms with Crippen LogP contribution in [0.25, 0.3) is 0 Å². The molecule has 0 aromatic rings. The highest BCUT2D eigenvalue weighted by atomic mass is 35.5. The van der Waals surface area contributed by atoms with Crippen LogP contribution in [0.1, 0.15) is 11.9 Å². The highest BCUT2D eigenvalue weighted by Gasteiger charge is 2.43. The molecular weight excluding hydrogens is 321 g/mol. The van der Waals surface area contributed by atoms with Crippen LogP contribution in [0.3, 0.4) is 0 Å². The quantitative estimate of drug-likeness (QED) is 0.550. The summed E-state index contributed by atoms with van der Waals surface area (Å²) in [6.07, 6.45) is -2.55. The molecule has 9 heteroatoms. The van der Waals surface area contributed by atoms with Crippen molar-refractivity contribution < 1.29 is 19.4 Å². The van der Waals surface area contributed by atoms with Crippen molar-refractivity contribution in [1.82, 2.24) is 9.34 Å². The molecule has 0 bridgehead atoms. The lowest BCUT2D eigenvalue weighted by Crippen LogP contribution is -2.42. The van der Waals surface area contributed by atoms with Gasteiger partial charge in [-0.1, -0.05) is 0 Å². The van der Waals surface area contributed by atoms with Crippen LogP contribution in [-0.4, -0.2) is 59.1 Å². The number of carbonyl (C=O) groups excluding carboxylic acids is 1. The number of hydrogen-bond acceptors (Lipinski definition) is 3. The Kier molecular flexibility index (Phi) is 4.93. The first-order chi connectivity index (χ1) is 10.1. The maximum absolute atomic E-state index is 13.2. The fraction of sp³-hybridized carbons (Fsp3) is 0.889. The largest absolute Gasteiger partial charge is 0.373 e. The van der Waals surface area contributed by atoms with E-state index in [2.05, 4.69) is 0 Å². The summed E-state index contributed by atoms with van der Waals surface area (Å²) in [6.45, 7) is -3.58. The van der Waals surface area contributed by atoms with Gasteiger partial charge in [0.1, 0.15) is 5.88 Å². The predicted octanol–water partition coefficient (Wildman–Crippen LogP) is 2.36. The van der Waals surface area contributed by atoms with Gasteiger partial charge in [0, 0.05) is 34.1 Å². The molecule has 1 rings (SSSR count). The Bertz CT molecular complexity index is 465. The lowest BCUT2D eigenvalue weighted by molar-refractivity contribution is -0.125. The molecule has 0 aliphatic carbocycles. The number of amides is 1. The van der Waals surface area contributed by atoms with Crippen molar-refractivity contribution in [3.8, 4) is 0 Å². The zero-order valence-corrected chi connectivity index (χ0v) is 12.6. The molecule has 0 radical (unpaired) electrons. The molecule has 0 aromatic heterocycles. The number of carbonyl (C=O) groups is 1. The number of rotatable bonds is 6. The van der Waals surface area contributed by atoms with Crippen molar-refractivity contribution in [2.75, 3.05) is 43.8 Å². The van der Waals surface area contributed by atoms with Crippen molar-refractivity contribution in [3.05, 3.63) is 0 Å². The molecule has 1 heterocycles. The van der Waals surface area contributed by atoms with E-state index in [4.69, 9.17) is 44.8 Å². The zero-order chi connectivity index (χ0) is 17.2. The summed E-state index contributed by atoms with van der Waals surface area (Å²) in [5, 5.41) is 0. The van der Waals surface area contributed by atoms with Gasteiger partial charge < -0.3 is 4.52 Å². The smallest absolute Gasteiger partial charge is 0.302 e. The maximum Gasteiger partial charge on any atom is 0.373 e. The van der Waals surface area contributed by atoms with Gasteiger partial charge in [-0.25, -0.2) is 9.24 Å². The van der Waals surface area contributed by atoms with Gasteiger partial charge in [0.05, 0.1) is 9.35 Å². The highest BCUT2D eigenvalue weighted by Crippen LogP contribution is 2.56. The van der Waals surface area contributed by atoms with Crippen LogP contribution in [-0.2, 0) is 13.9 Å². The van der Waals surface area contributed by atoms with Gasteiger partial charge in [0.15, 0.2) is 0 Å². The maximum atomic E-state index is 13.2. The molecular formula is C9H16Cl3N2O3P. The Morgan fingerprint density at radius 3 is 2.50 bits per heavy atom. The molecule has 1 saturated heterocycles. The van der Waals surface area contributed by atoms with E-state index in [0.717, 1.165) is 4.67 Å². The van der Waals surface area contributed by atoms with Gasteiger partial charge in [-0.3, -0.25) is 9.46 Å². The third-order valence-electron chi connectivity index (χ3n) is 2.14. The second kappa shape index (κ2) is 7.93. The third-order valence-corrected chi connectivity index (χ3v) is 5.11. The van der Waals surface area contributed by atoms with E-state index in [0.29, 0.717) is 0 Å². The third kappa shape index (κ3) is 3.75. The average molecular weight is 342 g/mol. The van der Waals surface area contributed by atoms with Gasteiger partial charge in [0.25, 0.3) is 0 Å².